The summed E-state index contributed by atoms with van der Waals surface area (Å²) in [6.07, 6.45) is 0.914. The summed E-state index contributed by atoms with van der Waals surface area (Å²) in [6, 6.07) is 5.82. The summed E-state index contributed by atoms with van der Waals surface area (Å²) in [5, 5.41) is 7.91. The van der Waals surface area contributed by atoms with Crippen molar-refractivity contribution in [3.63, 3.8) is 0 Å². The fourth-order valence-electron chi connectivity index (χ4n) is 1.06. The largest absolute Gasteiger partial charge is 0.302 e. The average molecular weight is 212 g/mol. The van der Waals surface area contributed by atoms with Crippen LogP contribution in [0.25, 0.3) is 0 Å². The van der Waals surface area contributed by atoms with Gasteiger partial charge in [-0.3, -0.25) is 0 Å². The van der Waals surface area contributed by atoms with E-state index < -0.39 is 11.2 Å². The first kappa shape index (κ1) is 10.7. The minimum atomic E-state index is -0.632. The Balaban J connectivity index is 2.91. The third-order valence-electron chi connectivity index (χ3n) is 1.73. The molecular formula is C10H7ClFNO. The number of carbonyl (C=O) groups excluding carboxylic acids is 1. The first-order valence-electron chi connectivity index (χ1n) is 3.95. The molecule has 4 heteroatoms. The van der Waals surface area contributed by atoms with Crippen LogP contribution in [-0.4, -0.2) is 11.7 Å². The van der Waals surface area contributed by atoms with Gasteiger partial charge < -0.3 is 4.79 Å². The van der Waals surface area contributed by atoms with Crippen molar-refractivity contribution in [2.45, 2.75) is 11.8 Å². The molecule has 1 atom stereocenters. The van der Waals surface area contributed by atoms with Crippen LogP contribution in [-0.2, 0) is 11.2 Å². The molecule has 0 amide bonds. The van der Waals surface area contributed by atoms with Gasteiger partial charge in [0.05, 0.1) is 10.9 Å². The Morgan fingerprint density at radius 2 is 2.36 bits per heavy atom. The predicted octanol–water partition coefficient (Wildman–Crippen LogP) is 2.05. The van der Waals surface area contributed by atoms with Gasteiger partial charge in [-0.15, -0.1) is 11.6 Å². The Labute approximate surface area is 85.9 Å². The molecule has 1 aromatic rings. The molecule has 0 aromatic heterocycles. The second-order valence-electron chi connectivity index (χ2n) is 2.78. The molecule has 0 aliphatic carbocycles. The van der Waals surface area contributed by atoms with Gasteiger partial charge in [0.15, 0.2) is 0 Å². The molecule has 0 bridgehead atoms. The third kappa shape index (κ3) is 2.54. The van der Waals surface area contributed by atoms with Crippen LogP contribution in [0.15, 0.2) is 18.2 Å². The number of aldehydes is 1. The lowest BCUT2D eigenvalue weighted by Crippen LogP contribution is -2.04. The Kier molecular flexibility index (Phi) is 3.61. The molecule has 1 rings (SSSR count). The number of nitriles is 1. The number of halogens is 2. The summed E-state index contributed by atoms with van der Waals surface area (Å²) in [6.45, 7) is 0. The molecule has 0 radical (unpaired) electrons. The standard InChI is InChI=1S/C10H7ClFNO/c11-9(6-14)4-7-1-2-10(12)8(3-7)5-13/h1-3,6,9H,4H2. The molecule has 0 aliphatic rings. The predicted molar refractivity (Wildman–Crippen MR) is 50.5 cm³/mol. The van der Waals surface area contributed by atoms with Crippen molar-refractivity contribution in [2.75, 3.05) is 0 Å². The van der Waals surface area contributed by atoms with Crippen LogP contribution in [0, 0.1) is 17.1 Å². The van der Waals surface area contributed by atoms with Crippen LogP contribution < -0.4 is 0 Å². The van der Waals surface area contributed by atoms with Crippen LogP contribution in [0.3, 0.4) is 0 Å². The third-order valence-corrected chi connectivity index (χ3v) is 1.99. The van der Waals surface area contributed by atoms with Crippen LogP contribution >= 0.6 is 11.6 Å². The van der Waals surface area contributed by atoms with Gasteiger partial charge in [0.1, 0.15) is 18.2 Å². The highest BCUT2D eigenvalue weighted by Gasteiger charge is 2.07. The van der Waals surface area contributed by atoms with E-state index in [1.54, 1.807) is 6.07 Å². The molecule has 0 heterocycles. The first-order valence-corrected chi connectivity index (χ1v) is 4.39. The zero-order chi connectivity index (χ0) is 10.6. The number of nitrogens with zero attached hydrogens (tertiary/aromatic N) is 1. The molecule has 0 N–H and O–H groups in total. The van der Waals surface area contributed by atoms with Gasteiger partial charge >= 0.3 is 0 Å². The van der Waals surface area contributed by atoms with Crippen LogP contribution in [0.5, 0.6) is 0 Å². The van der Waals surface area contributed by atoms with E-state index >= 15 is 0 Å². The van der Waals surface area contributed by atoms with Crippen LogP contribution in [0.1, 0.15) is 11.1 Å². The maximum Gasteiger partial charge on any atom is 0.140 e. The lowest BCUT2D eigenvalue weighted by molar-refractivity contribution is -0.107. The van der Waals surface area contributed by atoms with Crippen molar-refractivity contribution in [1.29, 1.82) is 5.26 Å². The summed E-state index contributed by atoms with van der Waals surface area (Å²) in [5.74, 6) is -0.562. The summed E-state index contributed by atoms with van der Waals surface area (Å²) < 4.78 is 12.9. The minimum Gasteiger partial charge on any atom is -0.302 e. The fraction of sp³-hybridized carbons (Fsp3) is 0.200. The van der Waals surface area contributed by atoms with Crippen molar-refractivity contribution in [1.82, 2.24) is 0 Å². The van der Waals surface area contributed by atoms with Gasteiger partial charge in [0, 0.05) is 0 Å². The van der Waals surface area contributed by atoms with E-state index in [4.69, 9.17) is 16.9 Å². The Hall–Kier alpha value is -1.40. The molecule has 0 saturated heterocycles. The highest BCUT2D eigenvalue weighted by atomic mass is 35.5. The zero-order valence-electron chi connectivity index (χ0n) is 7.21. The molecule has 1 unspecified atom stereocenters. The lowest BCUT2D eigenvalue weighted by atomic mass is 10.1. The number of carbonyl (C=O) groups is 1. The second-order valence-corrected chi connectivity index (χ2v) is 3.34. The molecule has 1 aromatic carbocycles. The molecular weight excluding hydrogens is 205 g/mol. The van der Waals surface area contributed by atoms with Gasteiger partial charge in [-0.2, -0.15) is 5.26 Å². The van der Waals surface area contributed by atoms with E-state index in [2.05, 4.69) is 0 Å². The molecule has 14 heavy (non-hydrogen) atoms. The Bertz CT molecular complexity index is 386. The molecule has 0 aliphatic heterocycles. The number of hydrogen-bond donors (Lipinski definition) is 0. The van der Waals surface area contributed by atoms with Crippen LogP contribution in [0.2, 0.25) is 0 Å². The lowest BCUT2D eigenvalue weighted by Gasteiger charge is -2.02. The second kappa shape index (κ2) is 4.73. The minimum absolute atomic E-state index is 0.0303. The monoisotopic (exact) mass is 211 g/mol. The van der Waals surface area contributed by atoms with Crippen molar-refractivity contribution in [2.24, 2.45) is 0 Å². The maximum atomic E-state index is 12.9. The molecule has 72 valence electrons. The van der Waals surface area contributed by atoms with Crippen molar-refractivity contribution >= 4 is 17.9 Å². The van der Waals surface area contributed by atoms with Gasteiger partial charge in [0.25, 0.3) is 0 Å². The molecule has 2 nitrogen and oxygen atoms in total. The first-order chi connectivity index (χ1) is 6.67. The van der Waals surface area contributed by atoms with Gasteiger partial charge in [-0.25, -0.2) is 4.39 Å². The number of benzene rings is 1. The molecule has 0 spiro atoms. The molecule has 0 fully saturated rings. The highest BCUT2D eigenvalue weighted by Crippen LogP contribution is 2.12. The summed E-state index contributed by atoms with van der Waals surface area (Å²) in [5.41, 5.74) is 0.646. The summed E-state index contributed by atoms with van der Waals surface area (Å²) in [4.78, 5) is 10.3. The van der Waals surface area contributed by atoms with Gasteiger partial charge in [-0.1, -0.05) is 6.07 Å². The quantitative estimate of drug-likeness (QED) is 0.567. The smallest absolute Gasteiger partial charge is 0.140 e. The fourth-order valence-corrected chi connectivity index (χ4v) is 1.24. The van der Waals surface area contributed by atoms with Crippen LogP contribution in [0.4, 0.5) is 4.39 Å². The normalized spacial score (nSPS) is 11.8. The van der Waals surface area contributed by atoms with E-state index in [0.717, 1.165) is 0 Å². The Morgan fingerprint density at radius 1 is 1.64 bits per heavy atom. The van der Waals surface area contributed by atoms with Gasteiger partial charge in [0.2, 0.25) is 0 Å². The Morgan fingerprint density at radius 3 is 2.93 bits per heavy atom. The number of hydrogen-bond acceptors (Lipinski definition) is 2. The SMILES string of the molecule is N#Cc1cc(CC(Cl)C=O)ccc1F. The van der Waals surface area contributed by atoms with E-state index in [9.17, 15) is 9.18 Å². The summed E-state index contributed by atoms with van der Waals surface area (Å²) in [7, 11) is 0. The maximum absolute atomic E-state index is 12.9. The highest BCUT2D eigenvalue weighted by molar-refractivity contribution is 6.27. The van der Waals surface area contributed by atoms with E-state index in [-0.39, 0.29) is 5.56 Å². The number of alkyl halides is 1. The van der Waals surface area contributed by atoms with E-state index in [0.29, 0.717) is 18.3 Å². The van der Waals surface area contributed by atoms with Crippen molar-refractivity contribution < 1.29 is 9.18 Å². The van der Waals surface area contributed by atoms with Gasteiger partial charge in [-0.05, 0) is 24.1 Å². The zero-order valence-corrected chi connectivity index (χ0v) is 7.96. The molecule has 0 saturated carbocycles. The average Bonchev–Trinajstić information content (AvgIpc) is 2.20. The van der Waals surface area contributed by atoms with Crippen molar-refractivity contribution in [3.8, 4) is 6.07 Å². The number of rotatable bonds is 3. The topological polar surface area (TPSA) is 40.9 Å². The van der Waals surface area contributed by atoms with E-state index in [1.165, 1.54) is 18.2 Å². The van der Waals surface area contributed by atoms with E-state index in [1.807, 2.05) is 0 Å². The van der Waals surface area contributed by atoms with Crippen molar-refractivity contribution in [3.05, 3.63) is 35.1 Å². The summed E-state index contributed by atoms with van der Waals surface area (Å²) >= 11 is 5.59.